The number of nitrogens with one attached hydrogen (secondary N) is 1. The van der Waals surface area contributed by atoms with Crippen LogP contribution in [0, 0.1) is 0 Å². The van der Waals surface area contributed by atoms with Gasteiger partial charge in [0.05, 0.1) is 5.25 Å². The number of anilines is 1. The van der Waals surface area contributed by atoms with Crippen LogP contribution < -0.4 is 5.32 Å². The molecule has 0 heterocycles. The van der Waals surface area contributed by atoms with Crippen molar-refractivity contribution >= 4 is 21.6 Å². The van der Waals surface area contributed by atoms with E-state index in [9.17, 15) is 13.2 Å². The number of unbranched alkanes of at least 4 members (excludes halogenated alkanes) is 2. The lowest BCUT2D eigenvalue weighted by Crippen LogP contribution is -2.33. The minimum Gasteiger partial charge on any atom is -0.326 e. The van der Waals surface area contributed by atoms with Crippen LogP contribution in [0.3, 0.4) is 0 Å². The zero-order chi connectivity index (χ0) is 18.9. The summed E-state index contributed by atoms with van der Waals surface area (Å²) in [6, 6.07) is 7.98. The third-order valence-electron chi connectivity index (χ3n) is 4.21. The Labute approximate surface area is 152 Å². The molecule has 1 rings (SSSR count). The Morgan fingerprint density at radius 1 is 1.12 bits per heavy atom. The third-order valence-corrected chi connectivity index (χ3v) is 6.46. The molecule has 0 saturated heterocycles. The largest absolute Gasteiger partial charge is 0.326 e. The highest BCUT2D eigenvalue weighted by Gasteiger charge is 2.21. The number of rotatable bonds is 11. The lowest BCUT2D eigenvalue weighted by Gasteiger charge is -2.19. The van der Waals surface area contributed by atoms with Crippen LogP contribution >= 0.6 is 0 Å². The molecule has 1 N–H and O–H groups in total. The summed E-state index contributed by atoms with van der Waals surface area (Å²) in [6.07, 6.45) is 5.15. The number of hydrogen-bond acceptors (Lipinski definition) is 3. The number of hydrogen-bond donors (Lipinski definition) is 1. The number of sulfonamides is 1. The predicted octanol–water partition coefficient (Wildman–Crippen LogP) is 3.81. The highest BCUT2D eigenvalue weighted by atomic mass is 32.2. The van der Waals surface area contributed by atoms with Gasteiger partial charge in [0.2, 0.25) is 15.9 Å². The molecule has 0 aliphatic carbocycles. The van der Waals surface area contributed by atoms with E-state index in [0.29, 0.717) is 25.8 Å². The Morgan fingerprint density at radius 3 is 2.32 bits per heavy atom. The number of nitrogens with zero attached hydrogens (tertiary/aromatic N) is 1. The smallest absolute Gasteiger partial charge is 0.224 e. The molecule has 0 aliphatic heterocycles. The van der Waals surface area contributed by atoms with E-state index in [1.165, 1.54) is 22.7 Å². The standard InChI is InChI=1S/C19H32N2O3S/c1-5-6-9-17-11-13-18(14-12-17)20-19(22)10-7-8-15-21(4)25(23,24)16(2)3/h11-14,16H,5-10,15H2,1-4H3,(H,20,22). The van der Waals surface area contributed by atoms with Crippen molar-refractivity contribution in [1.29, 1.82) is 0 Å². The summed E-state index contributed by atoms with van der Waals surface area (Å²) >= 11 is 0. The molecule has 1 aromatic carbocycles. The predicted molar refractivity (Wildman–Crippen MR) is 104 cm³/mol. The van der Waals surface area contributed by atoms with Crippen molar-refractivity contribution in [3.8, 4) is 0 Å². The number of carbonyl (C=O) groups is 1. The molecule has 0 bridgehead atoms. The first-order valence-electron chi connectivity index (χ1n) is 9.11. The van der Waals surface area contributed by atoms with Crippen molar-refractivity contribution in [3.63, 3.8) is 0 Å². The zero-order valence-electron chi connectivity index (χ0n) is 15.9. The molecule has 0 radical (unpaired) electrons. The van der Waals surface area contributed by atoms with Crippen molar-refractivity contribution in [1.82, 2.24) is 4.31 Å². The Balaban J connectivity index is 2.31. The normalized spacial score (nSPS) is 11.9. The molecule has 0 saturated carbocycles. The maximum atomic E-state index is 12.0. The quantitative estimate of drug-likeness (QED) is 0.604. The summed E-state index contributed by atoms with van der Waals surface area (Å²) in [5.74, 6) is -0.0318. The van der Waals surface area contributed by atoms with Gasteiger partial charge in [0.25, 0.3) is 0 Å². The van der Waals surface area contributed by atoms with Crippen molar-refractivity contribution in [2.24, 2.45) is 0 Å². The summed E-state index contributed by atoms with van der Waals surface area (Å²) in [5, 5.41) is 2.48. The fourth-order valence-electron chi connectivity index (χ4n) is 2.47. The van der Waals surface area contributed by atoms with Crippen LogP contribution in [0.2, 0.25) is 0 Å². The molecule has 1 aromatic rings. The zero-order valence-corrected chi connectivity index (χ0v) is 16.7. The second-order valence-electron chi connectivity index (χ2n) is 6.72. The second-order valence-corrected chi connectivity index (χ2v) is 9.32. The maximum Gasteiger partial charge on any atom is 0.224 e. The summed E-state index contributed by atoms with van der Waals surface area (Å²) in [6.45, 7) is 5.96. The van der Waals surface area contributed by atoms with E-state index in [1.54, 1.807) is 20.9 Å². The van der Waals surface area contributed by atoms with Gasteiger partial charge >= 0.3 is 0 Å². The highest BCUT2D eigenvalue weighted by molar-refractivity contribution is 7.89. The van der Waals surface area contributed by atoms with Crippen LogP contribution in [0.5, 0.6) is 0 Å². The molecule has 5 nitrogen and oxygen atoms in total. The number of amides is 1. The van der Waals surface area contributed by atoms with Gasteiger partial charge in [-0.15, -0.1) is 0 Å². The lowest BCUT2D eigenvalue weighted by molar-refractivity contribution is -0.116. The molecule has 1 amide bonds. The molecule has 0 aromatic heterocycles. The molecule has 142 valence electrons. The fraction of sp³-hybridized carbons (Fsp3) is 0.632. The van der Waals surface area contributed by atoms with Gasteiger partial charge in [-0.2, -0.15) is 0 Å². The molecule has 6 heteroatoms. The average Bonchev–Trinajstić information content (AvgIpc) is 2.57. The summed E-state index contributed by atoms with van der Waals surface area (Å²) in [4.78, 5) is 12.0. The third kappa shape index (κ3) is 7.57. The second kappa shape index (κ2) is 10.6. The molecule has 0 atom stereocenters. The first-order valence-corrected chi connectivity index (χ1v) is 10.6. The van der Waals surface area contributed by atoms with Crippen molar-refractivity contribution < 1.29 is 13.2 Å². The van der Waals surface area contributed by atoms with Crippen LogP contribution in [0.4, 0.5) is 5.69 Å². The fourth-order valence-corrected chi connectivity index (χ4v) is 3.57. The van der Waals surface area contributed by atoms with E-state index in [-0.39, 0.29) is 5.91 Å². The van der Waals surface area contributed by atoms with Gasteiger partial charge in [0.1, 0.15) is 0 Å². The number of carbonyl (C=O) groups excluding carboxylic acids is 1. The first kappa shape index (κ1) is 21.6. The van der Waals surface area contributed by atoms with Crippen molar-refractivity contribution in [3.05, 3.63) is 29.8 Å². The highest BCUT2D eigenvalue weighted by Crippen LogP contribution is 2.13. The van der Waals surface area contributed by atoms with Crippen LogP contribution in [-0.2, 0) is 21.2 Å². The van der Waals surface area contributed by atoms with Crippen LogP contribution in [-0.4, -0.2) is 37.5 Å². The van der Waals surface area contributed by atoms with E-state index in [0.717, 1.165) is 12.1 Å². The summed E-state index contributed by atoms with van der Waals surface area (Å²) in [5.41, 5.74) is 2.10. The summed E-state index contributed by atoms with van der Waals surface area (Å²) < 4.78 is 25.3. The Hall–Kier alpha value is -1.40. The van der Waals surface area contributed by atoms with E-state index in [2.05, 4.69) is 24.4 Å². The van der Waals surface area contributed by atoms with E-state index < -0.39 is 15.3 Å². The van der Waals surface area contributed by atoms with Gasteiger partial charge in [0, 0.05) is 25.7 Å². The van der Waals surface area contributed by atoms with Gasteiger partial charge in [-0.3, -0.25) is 4.79 Å². The Morgan fingerprint density at radius 2 is 1.76 bits per heavy atom. The molecule has 0 aliphatic rings. The van der Waals surface area contributed by atoms with Gasteiger partial charge in [-0.05, 0) is 57.2 Å². The minimum absolute atomic E-state index is 0.0318. The van der Waals surface area contributed by atoms with Crippen LogP contribution in [0.15, 0.2) is 24.3 Å². The van der Waals surface area contributed by atoms with Crippen LogP contribution in [0.25, 0.3) is 0 Å². The lowest BCUT2D eigenvalue weighted by atomic mass is 10.1. The first-order chi connectivity index (χ1) is 11.8. The molecule has 0 unspecified atom stereocenters. The van der Waals surface area contributed by atoms with Crippen molar-refractivity contribution in [2.45, 2.75) is 64.5 Å². The SMILES string of the molecule is CCCCc1ccc(NC(=O)CCCCN(C)S(=O)(=O)C(C)C)cc1. The minimum atomic E-state index is -3.20. The molecule has 0 fully saturated rings. The average molecular weight is 369 g/mol. The number of aryl methyl sites for hydroxylation is 1. The maximum absolute atomic E-state index is 12.0. The molecule has 0 spiro atoms. The molecule has 25 heavy (non-hydrogen) atoms. The monoisotopic (exact) mass is 368 g/mol. The van der Waals surface area contributed by atoms with Gasteiger partial charge < -0.3 is 5.32 Å². The summed E-state index contributed by atoms with van der Waals surface area (Å²) in [7, 11) is -1.61. The van der Waals surface area contributed by atoms with Crippen LogP contribution in [0.1, 0.15) is 58.4 Å². The Bertz CT molecular complexity index is 625. The van der Waals surface area contributed by atoms with E-state index >= 15 is 0 Å². The van der Waals surface area contributed by atoms with Gasteiger partial charge in [-0.1, -0.05) is 25.5 Å². The number of benzene rings is 1. The van der Waals surface area contributed by atoms with E-state index in [1.807, 2.05) is 12.1 Å². The van der Waals surface area contributed by atoms with Crippen molar-refractivity contribution in [2.75, 3.05) is 18.9 Å². The topological polar surface area (TPSA) is 66.5 Å². The Kier molecular flexibility index (Phi) is 9.14. The molecular formula is C19H32N2O3S. The van der Waals surface area contributed by atoms with Gasteiger partial charge in [-0.25, -0.2) is 12.7 Å². The molecular weight excluding hydrogens is 336 g/mol. The van der Waals surface area contributed by atoms with E-state index in [4.69, 9.17) is 0 Å². The van der Waals surface area contributed by atoms with Gasteiger partial charge in [0.15, 0.2) is 0 Å².